The Morgan fingerprint density at radius 2 is 2.04 bits per heavy atom. The van der Waals surface area contributed by atoms with E-state index in [2.05, 4.69) is 37.5 Å². The summed E-state index contributed by atoms with van der Waals surface area (Å²) in [7, 11) is -2.61. The molecule has 2 saturated heterocycles. The summed E-state index contributed by atoms with van der Waals surface area (Å²) in [6, 6.07) is 3.20. The normalized spacial score (nSPS) is 30.3. The molecule has 0 amide bonds. The number of anilines is 2. The Kier molecular flexibility index (Phi) is 9.18. The second-order valence-corrected chi connectivity index (χ2v) is 15.7. The van der Waals surface area contributed by atoms with Gasteiger partial charge in [-0.05, 0) is 28.5 Å². The quantitative estimate of drug-likeness (QED) is 0.100. The number of thioether (sulfide) groups is 1. The van der Waals surface area contributed by atoms with Crippen molar-refractivity contribution in [3.63, 3.8) is 0 Å². The number of nitrogen functional groups attached to an aromatic ring is 2. The number of aromatic nitrogens is 7. The van der Waals surface area contributed by atoms with Gasteiger partial charge in [0.05, 0.1) is 18.5 Å². The van der Waals surface area contributed by atoms with Crippen molar-refractivity contribution >= 4 is 83.6 Å². The number of alkyl halides is 2. The molecule has 2 aliphatic heterocycles. The maximum Gasteiger partial charge on any atom is 0.582 e. The minimum atomic E-state index is -4.35. The number of aliphatic hydroxyl groups is 1. The zero-order valence-corrected chi connectivity index (χ0v) is 26.8. The van der Waals surface area contributed by atoms with E-state index in [9.17, 15) is 19.4 Å². The van der Waals surface area contributed by atoms with Gasteiger partial charge in [0.1, 0.15) is 41.6 Å². The lowest BCUT2D eigenvalue weighted by molar-refractivity contribution is -0.0429. The fourth-order valence-electron chi connectivity index (χ4n) is 5.10. The molecule has 17 nitrogen and oxygen atoms in total. The number of fused-ring (bicyclic) bond motifs is 2. The van der Waals surface area contributed by atoms with Gasteiger partial charge in [0.15, 0.2) is 29.7 Å². The molecule has 2 fully saturated rings. The van der Waals surface area contributed by atoms with Gasteiger partial charge < -0.3 is 35.3 Å². The molecule has 0 bridgehead atoms. The molecule has 24 heteroatoms. The molecule has 242 valence electrons. The zero-order chi connectivity index (χ0) is 32.2. The van der Waals surface area contributed by atoms with Crippen molar-refractivity contribution in [3.05, 3.63) is 34.9 Å². The maximum absolute atomic E-state index is 15.7. The van der Waals surface area contributed by atoms with Gasteiger partial charge in [0, 0.05) is 23.5 Å². The van der Waals surface area contributed by atoms with Gasteiger partial charge in [-0.1, -0.05) is 5.21 Å². The lowest BCUT2D eigenvalue weighted by Gasteiger charge is -2.26. The largest absolute Gasteiger partial charge is 0.582 e. The Morgan fingerprint density at radius 3 is 2.78 bits per heavy atom. The molecule has 6 rings (SSSR count). The Bertz CT molecular complexity index is 1870. The van der Waals surface area contributed by atoms with Crippen molar-refractivity contribution in [1.82, 2.24) is 34.5 Å². The van der Waals surface area contributed by atoms with Gasteiger partial charge in [0.2, 0.25) is 5.95 Å². The van der Waals surface area contributed by atoms with Crippen LogP contribution in [-0.2, 0) is 34.7 Å². The second kappa shape index (κ2) is 12.7. The van der Waals surface area contributed by atoms with E-state index in [1.165, 1.54) is 17.0 Å². The summed E-state index contributed by atoms with van der Waals surface area (Å²) in [5.41, 5.74) is 11.4. The molecule has 4 aromatic rings. The average Bonchev–Trinajstić information content (AvgIpc) is 3.73. The van der Waals surface area contributed by atoms with Crippen LogP contribution in [0.4, 0.5) is 20.4 Å². The Hall–Kier alpha value is -2.36. The molecular formula is C21H24F2N9O8P2S3+. The van der Waals surface area contributed by atoms with E-state index in [1.54, 1.807) is 12.1 Å². The summed E-state index contributed by atoms with van der Waals surface area (Å²) in [5, 5.41) is 15.8. The molecule has 0 radical (unpaired) electrons. The molecule has 0 saturated carbocycles. The number of nitrogens with one attached hydrogen (secondary N) is 1. The van der Waals surface area contributed by atoms with Gasteiger partial charge in [-0.2, -0.15) is 4.98 Å². The van der Waals surface area contributed by atoms with Crippen molar-refractivity contribution in [2.24, 2.45) is 0 Å². The summed E-state index contributed by atoms with van der Waals surface area (Å²) in [5.74, 6) is -0.254. The van der Waals surface area contributed by atoms with E-state index in [-0.39, 0.29) is 17.1 Å². The van der Waals surface area contributed by atoms with Crippen molar-refractivity contribution in [3.8, 4) is 0 Å². The number of ether oxygens (including phenoxy) is 1. The van der Waals surface area contributed by atoms with Gasteiger partial charge in [-0.15, -0.1) is 21.4 Å². The van der Waals surface area contributed by atoms with Crippen LogP contribution < -0.4 is 17.0 Å². The van der Waals surface area contributed by atoms with Gasteiger partial charge >= 0.3 is 13.9 Å². The number of aromatic amines is 1. The molecule has 0 aromatic carbocycles. The monoisotopic (exact) mass is 726 g/mol. The van der Waals surface area contributed by atoms with Crippen LogP contribution in [0.5, 0.6) is 0 Å². The molecule has 10 atom stereocenters. The van der Waals surface area contributed by atoms with Crippen LogP contribution in [0.2, 0.25) is 0 Å². The van der Waals surface area contributed by atoms with Crippen LogP contribution in [0, 0.1) is 0 Å². The number of nitrogens with zero attached hydrogens (tertiary/aromatic N) is 6. The van der Waals surface area contributed by atoms with Crippen molar-refractivity contribution in [2.75, 3.05) is 24.7 Å². The van der Waals surface area contributed by atoms with Crippen molar-refractivity contribution in [1.29, 1.82) is 0 Å². The number of halogens is 2. The van der Waals surface area contributed by atoms with E-state index in [4.69, 9.17) is 41.6 Å². The lowest BCUT2D eigenvalue weighted by Crippen LogP contribution is -2.34. The first-order valence-electron chi connectivity index (χ1n) is 12.9. The van der Waals surface area contributed by atoms with E-state index >= 15 is 8.78 Å². The molecule has 2 aliphatic rings. The van der Waals surface area contributed by atoms with Gasteiger partial charge in [-0.3, -0.25) is 14.3 Å². The van der Waals surface area contributed by atoms with Crippen LogP contribution in [0.3, 0.4) is 0 Å². The number of hydrogen-bond donors (Lipinski definition) is 6. The highest BCUT2D eigenvalue weighted by atomic mass is 32.7. The first-order chi connectivity index (χ1) is 21.4. The van der Waals surface area contributed by atoms with Crippen LogP contribution in [0.1, 0.15) is 11.6 Å². The highest BCUT2D eigenvalue weighted by Gasteiger charge is 2.53. The summed E-state index contributed by atoms with van der Waals surface area (Å²) in [6.45, 7) is -5.61. The topological polar surface area (TPSA) is 241 Å². The van der Waals surface area contributed by atoms with Gasteiger partial charge in [-0.25, -0.2) is 18.4 Å². The fourth-order valence-corrected chi connectivity index (χ4v) is 8.75. The molecule has 7 N–H and O–H groups in total. The molecule has 2 unspecified atom stereocenters. The minimum absolute atomic E-state index is 0.102. The standard InChI is InChI=1S/C21H23F2N9O8P2S3/c22-11-10(5-33)45-20(32-17-13(29-30-32)18(34)28-21(25)27-17)15(11)40-42(36,44)37-6-9-14(39-41(35)43)12(23)19(38-9)31-4-2-7-8(24)1-3-26-16(7)31/h1-4,9-12,14-15,19-20,33H,5-6H2,(H6-,24,25,26,27,28,30,34,35,36,43,44)/p+1/t9-,10-,11-,12+,14-,15-,19-,20-,42?/m1/s1. The SMILES string of the molecule is Nc1nc2c(nnn2[C@@H]2S[C@H](CO)[C@@H](F)[C@H]2OP(O)(=S)OC[C@H]2O[C@@H](n3ccc4c(N)ccnc43)[C@@H](F)[C@@H]2O[P+](=O)S)c(=O)[nH]1. The summed E-state index contributed by atoms with van der Waals surface area (Å²) in [4.78, 5) is 33.7. The summed E-state index contributed by atoms with van der Waals surface area (Å²) >= 11 is 9.76. The lowest BCUT2D eigenvalue weighted by atomic mass is 10.1. The number of thiol groups is 1. The number of rotatable bonds is 10. The zero-order valence-electron chi connectivity index (χ0n) is 22.4. The number of pyridine rings is 1. The number of H-pyrrole nitrogens is 1. The van der Waals surface area contributed by atoms with E-state index in [0.29, 0.717) is 16.7 Å². The molecule has 4 aromatic heterocycles. The Labute approximate surface area is 266 Å². The molecule has 6 heterocycles. The Balaban J connectivity index is 1.22. The van der Waals surface area contributed by atoms with E-state index in [1.807, 2.05) is 0 Å². The minimum Gasteiger partial charge on any atom is -0.398 e. The summed E-state index contributed by atoms with van der Waals surface area (Å²) < 4.78 is 67.7. The second-order valence-electron chi connectivity index (χ2n) is 9.86. The van der Waals surface area contributed by atoms with Crippen molar-refractivity contribution < 1.29 is 41.7 Å². The van der Waals surface area contributed by atoms with Crippen molar-refractivity contribution in [2.45, 2.75) is 47.5 Å². The number of nitrogens with two attached hydrogens (primary N) is 2. The molecule has 45 heavy (non-hydrogen) atoms. The predicted molar refractivity (Wildman–Crippen MR) is 164 cm³/mol. The highest BCUT2D eigenvalue weighted by Crippen LogP contribution is 2.54. The molecule has 0 spiro atoms. The molecule has 0 aliphatic carbocycles. The third kappa shape index (κ3) is 6.21. The Morgan fingerprint density at radius 1 is 1.27 bits per heavy atom. The van der Waals surface area contributed by atoms with Crippen LogP contribution >= 0.6 is 38.0 Å². The van der Waals surface area contributed by atoms with Crippen LogP contribution in [0.25, 0.3) is 22.2 Å². The van der Waals surface area contributed by atoms with Crippen LogP contribution in [0.15, 0.2) is 29.3 Å². The van der Waals surface area contributed by atoms with E-state index < -0.39 is 80.2 Å². The van der Waals surface area contributed by atoms with Gasteiger partial charge in [0.25, 0.3) is 5.56 Å². The number of aliphatic hydroxyl groups excluding tert-OH is 1. The van der Waals surface area contributed by atoms with Crippen LogP contribution in [-0.4, -0.2) is 93.6 Å². The predicted octanol–water partition coefficient (Wildman–Crippen LogP) is 1.50. The van der Waals surface area contributed by atoms with E-state index in [0.717, 1.165) is 16.4 Å². The third-order valence-corrected chi connectivity index (χ3v) is 10.9. The first kappa shape index (κ1) is 32.6. The summed E-state index contributed by atoms with van der Waals surface area (Å²) in [6.07, 6.45) is -6.59. The smallest absolute Gasteiger partial charge is 0.398 e. The average molecular weight is 727 g/mol. The maximum atomic E-state index is 15.7. The first-order valence-corrected chi connectivity index (χ1v) is 18.7. The fraction of sp³-hybridized carbons (Fsp3) is 0.476. The molecular weight excluding hydrogens is 702 g/mol. The third-order valence-electron chi connectivity index (χ3n) is 7.10. The number of hydrogen-bond acceptors (Lipinski definition) is 15. The highest BCUT2D eigenvalue weighted by molar-refractivity contribution is 8.39.